The van der Waals surface area contributed by atoms with Gasteiger partial charge >= 0.3 is 5.97 Å². The Bertz CT molecular complexity index is 402. The van der Waals surface area contributed by atoms with Gasteiger partial charge < -0.3 is 21.1 Å². The first-order valence-electron chi connectivity index (χ1n) is 5.13. The zero-order valence-corrected chi connectivity index (χ0v) is 8.81. The maximum Gasteiger partial charge on any atom is 0.339 e. The molecule has 0 radical (unpaired) electrons. The van der Waals surface area contributed by atoms with Gasteiger partial charge in [-0.3, -0.25) is 0 Å². The standard InChI is InChI=1S/C10H14N4O2/c11-8-5-9(13-6-7(8)10(15)16)14-3-1-12-2-4-14/h5-6,12H,1-4H2,(H2,11,13)(H,15,16). The first-order valence-corrected chi connectivity index (χ1v) is 5.13. The van der Waals surface area contributed by atoms with Gasteiger partial charge in [-0.15, -0.1) is 0 Å². The molecule has 0 amide bonds. The highest BCUT2D eigenvalue weighted by Crippen LogP contribution is 2.18. The fourth-order valence-electron chi connectivity index (χ4n) is 1.70. The summed E-state index contributed by atoms with van der Waals surface area (Å²) < 4.78 is 0. The molecule has 4 N–H and O–H groups in total. The molecule has 1 saturated heterocycles. The van der Waals surface area contributed by atoms with E-state index in [-0.39, 0.29) is 11.3 Å². The van der Waals surface area contributed by atoms with Gasteiger partial charge in [-0.05, 0) is 0 Å². The lowest BCUT2D eigenvalue weighted by atomic mass is 10.2. The maximum absolute atomic E-state index is 10.8. The molecule has 1 aliphatic heterocycles. The average Bonchev–Trinajstić information content (AvgIpc) is 2.29. The van der Waals surface area contributed by atoms with E-state index < -0.39 is 5.97 Å². The molecule has 1 aromatic rings. The predicted octanol–water partition coefficient (Wildman–Crippen LogP) is -0.228. The van der Waals surface area contributed by atoms with Gasteiger partial charge in [0.1, 0.15) is 11.4 Å². The number of nitrogen functional groups attached to an aromatic ring is 1. The second kappa shape index (κ2) is 4.36. The van der Waals surface area contributed by atoms with E-state index in [9.17, 15) is 4.79 Å². The smallest absolute Gasteiger partial charge is 0.339 e. The topological polar surface area (TPSA) is 91.5 Å². The molecule has 2 rings (SSSR count). The van der Waals surface area contributed by atoms with Crippen molar-refractivity contribution in [3.8, 4) is 0 Å². The summed E-state index contributed by atoms with van der Waals surface area (Å²) in [7, 11) is 0. The summed E-state index contributed by atoms with van der Waals surface area (Å²) >= 11 is 0. The number of nitrogens with one attached hydrogen (secondary N) is 1. The van der Waals surface area contributed by atoms with Crippen LogP contribution in [-0.2, 0) is 0 Å². The van der Waals surface area contributed by atoms with Crippen LogP contribution in [0.3, 0.4) is 0 Å². The third-order valence-corrected chi connectivity index (χ3v) is 2.59. The van der Waals surface area contributed by atoms with Crippen molar-refractivity contribution in [2.24, 2.45) is 0 Å². The Kier molecular flexibility index (Phi) is 2.91. The molecular weight excluding hydrogens is 208 g/mol. The quantitative estimate of drug-likeness (QED) is 0.640. The number of nitrogens with two attached hydrogens (primary N) is 1. The number of rotatable bonds is 2. The third-order valence-electron chi connectivity index (χ3n) is 2.59. The molecule has 16 heavy (non-hydrogen) atoms. The van der Waals surface area contributed by atoms with Crippen molar-refractivity contribution in [2.75, 3.05) is 36.8 Å². The average molecular weight is 222 g/mol. The molecule has 6 nitrogen and oxygen atoms in total. The van der Waals surface area contributed by atoms with E-state index in [1.165, 1.54) is 6.20 Å². The first kappa shape index (κ1) is 10.7. The minimum absolute atomic E-state index is 0.0545. The number of aromatic nitrogens is 1. The molecule has 6 heteroatoms. The number of carboxylic acid groups (broad SMARTS) is 1. The lowest BCUT2D eigenvalue weighted by Crippen LogP contribution is -2.43. The van der Waals surface area contributed by atoms with E-state index in [0.717, 1.165) is 32.0 Å². The van der Waals surface area contributed by atoms with E-state index in [0.29, 0.717) is 0 Å². The number of anilines is 2. The second-order valence-corrected chi connectivity index (χ2v) is 3.67. The van der Waals surface area contributed by atoms with Crippen molar-refractivity contribution in [2.45, 2.75) is 0 Å². The molecule has 0 spiro atoms. The highest BCUT2D eigenvalue weighted by molar-refractivity contribution is 5.93. The Labute approximate surface area is 93.1 Å². The predicted molar refractivity (Wildman–Crippen MR) is 60.7 cm³/mol. The van der Waals surface area contributed by atoms with Crippen molar-refractivity contribution >= 4 is 17.5 Å². The third kappa shape index (κ3) is 2.06. The van der Waals surface area contributed by atoms with Crippen LogP contribution in [0, 0.1) is 0 Å². The number of hydrogen-bond donors (Lipinski definition) is 3. The Balaban J connectivity index is 2.23. The molecule has 0 saturated carbocycles. The SMILES string of the molecule is Nc1cc(N2CCNCC2)ncc1C(=O)O. The Morgan fingerprint density at radius 3 is 2.75 bits per heavy atom. The van der Waals surface area contributed by atoms with Gasteiger partial charge in [-0.25, -0.2) is 9.78 Å². The lowest BCUT2D eigenvalue weighted by molar-refractivity contribution is 0.0697. The van der Waals surface area contributed by atoms with Crippen LogP contribution in [0.1, 0.15) is 10.4 Å². The summed E-state index contributed by atoms with van der Waals surface area (Å²) in [5.74, 6) is -0.305. The van der Waals surface area contributed by atoms with Crippen LogP contribution in [-0.4, -0.2) is 42.2 Å². The van der Waals surface area contributed by atoms with Gasteiger partial charge in [0, 0.05) is 38.4 Å². The van der Waals surface area contributed by atoms with E-state index in [4.69, 9.17) is 10.8 Å². The zero-order chi connectivity index (χ0) is 11.5. The largest absolute Gasteiger partial charge is 0.478 e. The Morgan fingerprint density at radius 2 is 2.19 bits per heavy atom. The normalized spacial score (nSPS) is 16.1. The number of hydrogen-bond acceptors (Lipinski definition) is 5. The number of piperazine rings is 1. The summed E-state index contributed by atoms with van der Waals surface area (Å²) in [6.07, 6.45) is 1.31. The summed E-state index contributed by atoms with van der Waals surface area (Å²) in [6.45, 7) is 3.53. The van der Waals surface area contributed by atoms with Crippen LogP contribution in [0.4, 0.5) is 11.5 Å². The summed E-state index contributed by atoms with van der Waals surface area (Å²) in [5, 5.41) is 12.1. The molecule has 1 aromatic heterocycles. The number of pyridine rings is 1. The monoisotopic (exact) mass is 222 g/mol. The van der Waals surface area contributed by atoms with E-state index in [1.807, 2.05) is 0 Å². The molecule has 0 atom stereocenters. The first-order chi connectivity index (χ1) is 7.68. The molecular formula is C10H14N4O2. The van der Waals surface area contributed by atoms with Gasteiger partial charge in [0.05, 0.1) is 5.69 Å². The van der Waals surface area contributed by atoms with Crippen molar-refractivity contribution < 1.29 is 9.90 Å². The summed E-state index contributed by atoms with van der Waals surface area (Å²) in [6, 6.07) is 1.62. The molecule has 1 aliphatic rings. The van der Waals surface area contributed by atoms with Crippen molar-refractivity contribution in [1.82, 2.24) is 10.3 Å². The minimum Gasteiger partial charge on any atom is -0.478 e. The fraction of sp³-hybridized carbons (Fsp3) is 0.400. The van der Waals surface area contributed by atoms with Gasteiger partial charge in [0.25, 0.3) is 0 Å². The molecule has 0 bridgehead atoms. The van der Waals surface area contributed by atoms with Crippen LogP contribution in [0.15, 0.2) is 12.3 Å². The molecule has 0 aromatic carbocycles. The second-order valence-electron chi connectivity index (χ2n) is 3.67. The van der Waals surface area contributed by atoms with E-state index in [2.05, 4.69) is 15.2 Å². The number of nitrogens with zero attached hydrogens (tertiary/aromatic N) is 2. The van der Waals surface area contributed by atoms with Crippen molar-refractivity contribution in [3.05, 3.63) is 17.8 Å². The Hall–Kier alpha value is -1.82. The number of carbonyl (C=O) groups is 1. The Morgan fingerprint density at radius 1 is 1.50 bits per heavy atom. The van der Waals surface area contributed by atoms with Crippen LogP contribution in [0.25, 0.3) is 0 Å². The lowest BCUT2D eigenvalue weighted by Gasteiger charge is -2.28. The molecule has 86 valence electrons. The fourth-order valence-corrected chi connectivity index (χ4v) is 1.70. The van der Waals surface area contributed by atoms with Crippen molar-refractivity contribution in [1.29, 1.82) is 0 Å². The molecule has 2 heterocycles. The molecule has 1 fully saturated rings. The van der Waals surface area contributed by atoms with Gasteiger partial charge in [-0.2, -0.15) is 0 Å². The van der Waals surface area contributed by atoms with E-state index in [1.54, 1.807) is 6.07 Å². The van der Waals surface area contributed by atoms with Gasteiger partial charge in [0.15, 0.2) is 0 Å². The van der Waals surface area contributed by atoms with Gasteiger partial charge in [-0.1, -0.05) is 0 Å². The zero-order valence-electron chi connectivity index (χ0n) is 8.81. The number of carboxylic acids is 1. The van der Waals surface area contributed by atoms with E-state index >= 15 is 0 Å². The van der Waals surface area contributed by atoms with Crippen molar-refractivity contribution in [3.63, 3.8) is 0 Å². The minimum atomic E-state index is -1.04. The summed E-state index contributed by atoms with van der Waals surface area (Å²) in [4.78, 5) is 17.0. The molecule has 0 unspecified atom stereocenters. The van der Waals surface area contributed by atoms with Crippen LogP contribution < -0.4 is 16.0 Å². The summed E-state index contributed by atoms with van der Waals surface area (Å²) in [5.41, 5.74) is 5.98. The maximum atomic E-state index is 10.8. The highest BCUT2D eigenvalue weighted by Gasteiger charge is 2.14. The van der Waals surface area contributed by atoms with Crippen LogP contribution >= 0.6 is 0 Å². The van der Waals surface area contributed by atoms with Crippen LogP contribution in [0.5, 0.6) is 0 Å². The highest BCUT2D eigenvalue weighted by atomic mass is 16.4. The van der Waals surface area contributed by atoms with Gasteiger partial charge in [0.2, 0.25) is 0 Å². The van der Waals surface area contributed by atoms with Crippen LogP contribution in [0.2, 0.25) is 0 Å². The number of aromatic carboxylic acids is 1. The molecule has 0 aliphatic carbocycles.